The Balaban J connectivity index is 2.06. The van der Waals surface area contributed by atoms with Crippen molar-refractivity contribution < 1.29 is 5.11 Å². The molecule has 1 fully saturated rings. The minimum absolute atomic E-state index is 0.381. The lowest BCUT2D eigenvalue weighted by Gasteiger charge is -2.40. The highest BCUT2D eigenvalue weighted by atomic mass is 79.9. The van der Waals surface area contributed by atoms with Crippen LogP contribution in [0.1, 0.15) is 25.8 Å². The zero-order valence-corrected chi connectivity index (χ0v) is 8.45. The van der Waals surface area contributed by atoms with Gasteiger partial charge in [0.25, 0.3) is 0 Å². The summed E-state index contributed by atoms with van der Waals surface area (Å²) in [7, 11) is 0. The summed E-state index contributed by atoms with van der Waals surface area (Å²) in [5.41, 5.74) is -0.469. The van der Waals surface area contributed by atoms with Gasteiger partial charge in [-0.2, -0.15) is 5.10 Å². The maximum atomic E-state index is 9.50. The Morgan fingerprint density at radius 2 is 2.42 bits per heavy atom. The summed E-state index contributed by atoms with van der Waals surface area (Å²) in [4.78, 5) is 0. The molecule has 2 rings (SSSR count). The molecule has 0 saturated heterocycles. The number of aromatic nitrogens is 2. The largest absolute Gasteiger partial charge is 0.390 e. The molecule has 0 aliphatic heterocycles. The van der Waals surface area contributed by atoms with Gasteiger partial charge in [-0.1, -0.05) is 0 Å². The van der Waals surface area contributed by atoms with Crippen molar-refractivity contribution in [3.8, 4) is 0 Å². The summed E-state index contributed by atoms with van der Waals surface area (Å²) in [6.45, 7) is 1.86. The van der Waals surface area contributed by atoms with E-state index in [2.05, 4.69) is 21.0 Å². The standard InChI is InChI=1S/C8H11BrN2O/c1-8(12)2-7(3-8)11-5-6(9)4-10-11/h4-5,7,12H,2-3H2,1H3/t7-,8+. The highest BCUT2D eigenvalue weighted by Gasteiger charge is 2.39. The van der Waals surface area contributed by atoms with Crippen molar-refractivity contribution in [3.05, 3.63) is 16.9 Å². The third-order valence-corrected chi connectivity index (χ3v) is 2.70. The summed E-state index contributed by atoms with van der Waals surface area (Å²) >= 11 is 3.34. The molecule has 1 N–H and O–H groups in total. The molecule has 4 heteroatoms. The van der Waals surface area contributed by atoms with Crippen LogP contribution < -0.4 is 0 Å². The first kappa shape index (κ1) is 8.26. The molecular formula is C8H11BrN2O. The number of hydrogen-bond acceptors (Lipinski definition) is 2. The van der Waals surface area contributed by atoms with Crippen molar-refractivity contribution in [1.82, 2.24) is 9.78 Å². The second kappa shape index (κ2) is 2.57. The van der Waals surface area contributed by atoms with Crippen LogP contribution in [-0.2, 0) is 0 Å². The molecule has 0 radical (unpaired) electrons. The maximum Gasteiger partial charge on any atom is 0.0660 e. The molecule has 1 heterocycles. The van der Waals surface area contributed by atoms with Crippen LogP contribution in [0.5, 0.6) is 0 Å². The van der Waals surface area contributed by atoms with E-state index in [-0.39, 0.29) is 0 Å². The van der Waals surface area contributed by atoms with E-state index >= 15 is 0 Å². The monoisotopic (exact) mass is 230 g/mol. The van der Waals surface area contributed by atoms with Gasteiger partial charge < -0.3 is 5.11 Å². The predicted octanol–water partition coefficient (Wildman–Crippen LogP) is 1.73. The van der Waals surface area contributed by atoms with E-state index in [1.54, 1.807) is 6.20 Å². The van der Waals surface area contributed by atoms with E-state index in [1.165, 1.54) is 0 Å². The number of rotatable bonds is 1. The zero-order chi connectivity index (χ0) is 8.77. The van der Waals surface area contributed by atoms with Gasteiger partial charge in [-0.15, -0.1) is 0 Å². The van der Waals surface area contributed by atoms with E-state index in [4.69, 9.17) is 0 Å². The first-order valence-electron chi connectivity index (χ1n) is 3.99. The Morgan fingerprint density at radius 3 is 2.83 bits per heavy atom. The van der Waals surface area contributed by atoms with Gasteiger partial charge in [-0.25, -0.2) is 0 Å². The number of nitrogens with zero attached hydrogens (tertiary/aromatic N) is 2. The molecule has 1 aliphatic rings. The highest BCUT2D eigenvalue weighted by Crippen LogP contribution is 2.40. The van der Waals surface area contributed by atoms with Gasteiger partial charge in [0, 0.05) is 6.20 Å². The van der Waals surface area contributed by atoms with Crippen LogP contribution in [0.15, 0.2) is 16.9 Å². The van der Waals surface area contributed by atoms with Crippen LogP contribution in [0.4, 0.5) is 0 Å². The van der Waals surface area contributed by atoms with Crippen molar-refractivity contribution >= 4 is 15.9 Å². The molecule has 0 spiro atoms. The Labute approximate surface area is 79.5 Å². The summed E-state index contributed by atoms with van der Waals surface area (Å²) in [6.07, 6.45) is 5.33. The van der Waals surface area contributed by atoms with E-state index in [0.29, 0.717) is 6.04 Å². The quantitative estimate of drug-likeness (QED) is 0.799. The smallest absolute Gasteiger partial charge is 0.0660 e. The Kier molecular flexibility index (Phi) is 1.77. The minimum Gasteiger partial charge on any atom is -0.390 e. The molecule has 0 bridgehead atoms. The van der Waals surface area contributed by atoms with Crippen LogP contribution in [0.2, 0.25) is 0 Å². The first-order valence-corrected chi connectivity index (χ1v) is 4.78. The van der Waals surface area contributed by atoms with E-state index in [0.717, 1.165) is 17.3 Å². The van der Waals surface area contributed by atoms with Crippen LogP contribution in [-0.4, -0.2) is 20.5 Å². The van der Waals surface area contributed by atoms with Gasteiger partial charge in [0.05, 0.1) is 22.3 Å². The van der Waals surface area contributed by atoms with Gasteiger partial charge in [-0.3, -0.25) is 4.68 Å². The molecule has 12 heavy (non-hydrogen) atoms. The van der Waals surface area contributed by atoms with E-state index < -0.39 is 5.60 Å². The van der Waals surface area contributed by atoms with Gasteiger partial charge >= 0.3 is 0 Å². The predicted molar refractivity (Wildman–Crippen MR) is 48.8 cm³/mol. The van der Waals surface area contributed by atoms with Crippen LogP contribution in [0.3, 0.4) is 0 Å². The van der Waals surface area contributed by atoms with Crippen molar-refractivity contribution in [1.29, 1.82) is 0 Å². The van der Waals surface area contributed by atoms with Crippen LogP contribution in [0, 0.1) is 0 Å². The number of halogens is 1. The summed E-state index contributed by atoms with van der Waals surface area (Å²) in [5.74, 6) is 0. The Hall–Kier alpha value is -0.350. The molecular weight excluding hydrogens is 220 g/mol. The van der Waals surface area contributed by atoms with E-state index in [9.17, 15) is 5.11 Å². The third kappa shape index (κ3) is 1.41. The molecule has 0 unspecified atom stereocenters. The molecule has 0 amide bonds. The second-order valence-corrected chi connectivity index (χ2v) is 4.61. The van der Waals surface area contributed by atoms with Gasteiger partial charge in [-0.05, 0) is 35.7 Å². The fraction of sp³-hybridized carbons (Fsp3) is 0.625. The average molecular weight is 231 g/mol. The maximum absolute atomic E-state index is 9.50. The fourth-order valence-electron chi connectivity index (χ4n) is 1.66. The summed E-state index contributed by atoms with van der Waals surface area (Å²) in [6, 6.07) is 0.381. The molecule has 0 atom stereocenters. The lowest BCUT2D eigenvalue weighted by Crippen LogP contribution is -2.42. The van der Waals surface area contributed by atoms with Crippen LogP contribution in [0.25, 0.3) is 0 Å². The molecule has 1 aliphatic carbocycles. The Morgan fingerprint density at radius 1 is 1.75 bits per heavy atom. The van der Waals surface area contributed by atoms with Crippen molar-refractivity contribution in [2.45, 2.75) is 31.4 Å². The lowest BCUT2D eigenvalue weighted by molar-refractivity contribution is -0.0543. The summed E-state index contributed by atoms with van der Waals surface area (Å²) in [5, 5.41) is 13.7. The molecule has 1 saturated carbocycles. The fourth-order valence-corrected chi connectivity index (χ4v) is 1.96. The van der Waals surface area contributed by atoms with Crippen molar-refractivity contribution in [2.75, 3.05) is 0 Å². The second-order valence-electron chi connectivity index (χ2n) is 3.70. The van der Waals surface area contributed by atoms with Gasteiger partial charge in [0.2, 0.25) is 0 Å². The zero-order valence-electron chi connectivity index (χ0n) is 6.87. The summed E-state index contributed by atoms with van der Waals surface area (Å²) < 4.78 is 2.90. The molecule has 1 aromatic heterocycles. The first-order chi connectivity index (χ1) is 5.57. The normalized spacial score (nSPS) is 34.8. The minimum atomic E-state index is -0.469. The number of hydrogen-bond donors (Lipinski definition) is 1. The number of aliphatic hydroxyl groups is 1. The van der Waals surface area contributed by atoms with Gasteiger partial charge in [0.15, 0.2) is 0 Å². The lowest BCUT2D eigenvalue weighted by atomic mass is 9.77. The van der Waals surface area contributed by atoms with Gasteiger partial charge in [0.1, 0.15) is 0 Å². The van der Waals surface area contributed by atoms with Crippen molar-refractivity contribution in [2.24, 2.45) is 0 Å². The topological polar surface area (TPSA) is 38.0 Å². The molecule has 3 nitrogen and oxygen atoms in total. The average Bonchev–Trinajstić information content (AvgIpc) is 2.30. The Bertz CT molecular complexity index is 287. The third-order valence-electron chi connectivity index (χ3n) is 2.29. The van der Waals surface area contributed by atoms with E-state index in [1.807, 2.05) is 17.8 Å². The highest BCUT2D eigenvalue weighted by molar-refractivity contribution is 9.10. The SMILES string of the molecule is C[C@]1(O)C[C@@H](n2cc(Br)cn2)C1. The van der Waals surface area contributed by atoms with Crippen molar-refractivity contribution in [3.63, 3.8) is 0 Å². The van der Waals surface area contributed by atoms with Crippen LogP contribution >= 0.6 is 15.9 Å². The molecule has 1 aromatic rings. The molecule has 66 valence electrons. The molecule has 0 aromatic carbocycles.